The van der Waals surface area contributed by atoms with Crippen molar-refractivity contribution in [2.75, 3.05) is 13.1 Å². The zero-order valence-electron chi connectivity index (χ0n) is 13.3. The quantitative estimate of drug-likeness (QED) is 0.904. The third-order valence-corrected chi connectivity index (χ3v) is 5.46. The van der Waals surface area contributed by atoms with Gasteiger partial charge in [0.25, 0.3) is 5.91 Å². The Morgan fingerprint density at radius 3 is 2.75 bits per heavy atom. The van der Waals surface area contributed by atoms with Crippen molar-refractivity contribution in [1.82, 2.24) is 14.8 Å². The third-order valence-electron chi connectivity index (χ3n) is 3.92. The predicted molar refractivity (Wildman–Crippen MR) is 86.9 cm³/mol. The Kier molecular flexibility index (Phi) is 4.68. The number of sulfonamides is 1. The summed E-state index contributed by atoms with van der Waals surface area (Å²) in [5.41, 5.74) is 0.636. The number of nitrogens with zero attached hydrogens (tertiary/aromatic N) is 2. The first-order valence-electron chi connectivity index (χ1n) is 7.76. The molecule has 8 heteroatoms. The van der Waals surface area contributed by atoms with Crippen LogP contribution in [0.2, 0.25) is 0 Å². The van der Waals surface area contributed by atoms with Crippen molar-refractivity contribution >= 4 is 15.9 Å². The van der Waals surface area contributed by atoms with Gasteiger partial charge >= 0.3 is 0 Å². The lowest BCUT2D eigenvalue weighted by Crippen LogP contribution is -2.49. The molecule has 24 heavy (non-hydrogen) atoms. The van der Waals surface area contributed by atoms with Crippen molar-refractivity contribution in [3.63, 3.8) is 0 Å². The summed E-state index contributed by atoms with van der Waals surface area (Å²) in [5, 5.41) is 3.72. The molecule has 1 aromatic heterocycles. The Morgan fingerprint density at radius 2 is 2.08 bits per heavy atom. The van der Waals surface area contributed by atoms with Crippen LogP contribution in [0.1, 0.15) is 29.1 Å². The second kappa shape index (κ2) is 6.74. The number of rotatable bonds is 4. The molecule has 0 aliphatic carbocycles. The number of hydrogen-bond donors (Lipinski definition) is 1. The van der Waals surface area contributed by atoms with E-state index < -0.39 is 10.0 Å². The fourth-order valence-corrected chi connectivity index (χ4v) is 4.05. The number of likely N-dealkylation sites (tertiary alicyclic amines) is 1. The summed E-state index contributed by atoms with van der Waals surface area (Å²) in [6, 6.07) is 9.47. The lowest BCUT2D eigenvalue weighted by molar-refractivity contribution is 0.0661. The van der Waals surface area contributed by atoms with E-state index in [2.05, 4.69) is 9.88 Å². The SMILES string of the molecule is Cc1cc(C(=O)N2CCC[C@@H](NS(=O)(=O)c3ccccc3)C2)on1. The number of benzene rings is 1. The Labute approximate surface area is 140 Å². The highest BCUT2D eigenvalue weighted by Gasteiger charge is 2.29. The van der Waals surface area contributed by atoms with Gasteiger partial charge in [-0.05, 0) is 31.9 Å². The Balaban J connectivity index is 1.69. The molecule has 1 amide bonds. The number of carbonyl (C=O) groups excluding carboxylic acids is 1. The normalized spacial score (nSPS) is 18.5. The molecule has 0 saturated carbocycles. The first-order chi connectivity index (χ1) is 11.5. The summed E-state index contributed by atoms with van der Waals surface area (Å²) in [4.78, 5) is 14.2. The molecule has 1 saturated heterocycles. The molecule has 1 aromatic carbocycles. The van der Waals surface area contributed by atoms with Crippen molar-refractivity contribution in [2.24, 2.45) is 0 Å². The zero-order valence-corrected chi connectivity index (χ0v) is 14.1. The molecule has 2 heterocycles. The first-order valence-corrected chi connectivity index (χ1v) is 9.24. The molecule has 0 unspecified atom stereocenters. The molecule has 0 spiro atoms. The molecule has 1 N–H and O–H groups in total. The van der Waals surface area contributed by atoms with Crippen LogP contribution in [0.5, 0.6) is 0 Å². The van der Waals surface area contributed by atoms with E-state index in [0.29, 0.717) is 25.2 Å². The Bertz CT molecular complexity index is 817. The minimum absolute atomic E-state index is 0.180. The highest BCUT2D eigenvalue weighted by Crippen LogP contribution is 2.17. The second-order valence-corrected chi connectivity index (χ2v) is 7.57. The standard InChI is InChI=1S/C16H19N3O4S/c1-12-10-15(23-17-12)16(20)19-9-5-6-13(11-19)18-24(21,22)14-7-3-2-4-8-14/h2-4,7-8,10,13,18H,5-6,9,11H2,1H3/t13-/m1/s1. The van der Waals surface area contributed by atoms with E-state index in [1.54, 1.807) is 48.2 Å². The average molecular weight is 349 g/mol. The maximum atomic E-state index is 12.4. The largest absolute Gasteiger partial charge is 0.351 e. The van der Waals surface area contributed by atoms with Crippen molar-refractivity contribution in [3.8, 4) is 0 Å². The molecular weight excluding hydrogens is 330 g/mol. The van der Waals surface area contributed by atoms with E-state index >= 15 is 0 Å². The summed E-state index contributed by atoms with van der Waals surface area (Å²) < 4.78 is 32.5. The minimum Gasteiger partial charge on any atom is -0.351 e. The molecule has 7 nitrogen and oxygen atoms in total. The Hall–Kier alpha value is -2.19. The monoisotopic (exact) mass is 349 g/mol. The average Bonchev–Trinajstić information content (AvgIpc) is 3.01. The number of nitrogens with one attached hydrogen (secondary N) is 1. The van der Waals surface area contributed by atoms with Crippen molar-refractivity contribution in [2.45, 2.75) is 30.7 Å². The third kappa shape index (κ3) is 3.65. The van der Waals surface area contributed by atoms with Gasteiger partial charge in [-0.25, -0.2) is 13.1 Å². The van der Waals surface area contributed by atoms with Crippen molar-refractivity contribution in [3.05, 3.63) is 47.9 Å². The highest BCUT2D eigenvalue weighted by molar-refractivity contribution is 7.89. The van der Waals surface area contributed by atoms with E-state index in [4.69, 9.17) is 4.52 Å². The summed E-state index contributed by atoms with van der Waals surface area (Å²) in [5.74, 6) is -0.0849. The summed E-state index contributed by atoms with van der Waals surface area (Å²) in [6.45, 7) is 2.63. The number of aryl methyl sites for hydroxylation is 1. The molecule has 2 aromatic rings. The van der Waals surface area contributed by atoms with E-state index in [-0.39, 0.29) is 22.6 Å². The van der Waals surface area contributed by atoms with Crippen LogP contribution >= 0.6 is 0 Å². The minimum atomic E-state index is -3.59. The summed E-state index contributed by atoms with van der Waals surface area (Å²) >= 11 is 0. The topological polar surface area (TPSA) is 92.5 Å². The molecule has 1 aliphatic rings. The smallest absolute Gasteiger partial charge is 0.292 e. The van der Waals surface area contributed by atoms with Gasteiger partial charge in [-0.1, -0.05) is 23.4 Å². The summed E-state index contributed by atoms with van der Waals surface area (Å²) in [7, 11) is -3.59. The fraction of sp³-hybridized carbons (Fsp3) is 0.375. The summed E-state index contributed by atoms with van der Waals surface area (Å²) in [6.07, 6.45) is 1.41. The van der Waals surface area contributed by atoms with Crippen LogP contribution in [-0.2, 0) is 10.0 Å². The van der Waals surface area contributed by atoms with Crippen LogP contribution in [0, 0.1) is 6.92 Å². The molecule has 1 atom stereocenters. The maximum Gasteiger partial charge on any atom is 0.292 e. The van der Waals surface area contributed by atoms with Crippen LogP contribution < -0.4 is 4.72 Å². The number of carbonyl (C=O) groups is 1. The van der Waals surface area contributed by atoms with E-state index in [1.165, 1.54) is 0 Å². The number of piperidine rings is 1. The fourth-order valence-electron chi connectivity index (χ4n) is 2.77. The van der Waals surface area contributed by atoms with Gasteiger partial charge in [0, 0.05) is 25.2 Å². The lowest BCUT2D eigenvalue weighted by Gasteiger charge is -2.32. The van der Waals surface area contributed by atoms with Crippen LogP contribution in [0.3, 0.4) is 0 Å². The molecular formula is C16H19N3O4S. The van der Waals surface area contributed by atoms with Gasteiger partial charge in [0.1, 0.15) is 0 Å². The predicted octanol–water partition coefficient (Wildman–Crippen LogP) is 1.57. The molecule has 0 bridgehead atoms. The second-order valence-electron chi connectivity index (χ2n) is 5.86. The van der Waals surface area contributed by atoms with E-state index in [0.717, 1.165) is 6.42 Å². The molecule has 128 valence electrons. The maximum absolute atomic E-state index is 12.4. The number of aromatic nitrogens is 1. The van der Waals surface area contributed by atoms with Crippen LogP contribution in [-0.4, -0.2) is 43.5 Å². The van der Waals surface area contributed by atoms with Crippen LogP contribution in [0.15, 0.2) is 45.8 Å². The number of hydrogen-bond acceptors (Lipinski definition) is 5. The van der Waals surface area contributed by atoms with Crippen molar-refractivity contribution < 1.29 is 17.7 Å². The van der Waals surface area contributed by atoms with Crippen molar-refractivity contribution in [1.29, 1.82) is 0 Å². The van der Waals surface area contributed by atoms with E-state index in [1.807, 2.05) is 0 Å². The molecule has 3 rings (SSSR count). The van der Waals surface area contributed by atoms with Gasteiger partial charge in [-0.2, -0.15) is 0 Å². The highest BCUT2D eigenvalue weighted by atomic mass is 32.2. The van der Waals surface area contributed by atoms with Crippen LogP contribution in [0.4, 0.5) is 0 Å². The van der Waals surface area contributed by atoms with Gasteiger partial charge in [-0.3, -0.25) is 4.79 Å². The van der Waals surface area contributed by atoms with E-state index in [9.17, 15) is 13.2 Å². The molecule has 1 fully saturated rings. The van der Waals surface area contributed by atoms with Gasteiger partial charge in [0.15, 0.2) is 0 Å². The lowest BCUT2D eigenvalue weighted by atomic mass is 10.1. The Morgan fingerprint density at radius 1 is 1.33 bits per heavy atom. The van der Waals surface area contributed by atoms with Crippen LogP contribution in [0.25, 0.3) is 0 Å². The van der Waals surface area contributed by atoms with Gasteiger partial charge in [-0.15, -0.1) is 0 Å². The first kappa shape index (κ1) is 16.7. The zero-order chi connectivity index (χ0) is 17.2. The van der Waals surface area contributed by atoms with Gasteiger partial charge in [0.05, 0.1) is 10.6 Å². The molecule has 1 aliphatic heterocycles. The number of amides is 1. The van der Waals surface area contributed by atoms with Gasteiger partial charge < -0.3 is 9.42 Å². The van der Waals surface area contributed by atoms with Gasteiger partial charge in [0.2, 0.25) is 15.8 Å². The molecule has 0 radical (unpaired) electrons.